The van der Waals surface area contributed by atoms with Crippen LogP contribution in [0.25, 0.3) is 10.9 Å². The molecule has 0 radical (unpaired) electrons. The van der Waals surface area contributed by atoms with Gasteiger partial charge in [0.05, 0.1) is 35.1 Å². The van der Waals surface area contributed by atoms with E-state index in [9.17, 15) is 8.42 Å². The van der Waals surface area contributed by atoms with E-state index >= 15 is 0 Å². The van der Waals surface area contributed by atoms with Gasteiger partial charge in [0.25, 0.3) is 0 Å². The summed E-state index contributed by atoms with van der Waals surface area (Å²) < 4.78 is 32.3. The monoisotopic (exact) mass is 365 g/mol. The molecule has 0 unspecified atom stereocenters. The summed E-state index contributed by atoms with van der Waals surface area (Å²) in [4.78, 5) is 4.62. The number of nitrogens with zero attached hydrogens (tertiary/aromatic N) is 3. The Morgan fingerprint density at radius 2 is 1.77 bits per heavy atom. The molecule has 0 N–H and O–H groups in total. The molecule has 26 heavy (non-hydrogen) atoms. The predicted octanol–water partition coefficient (Wildman–Crippen LogP) is 2.56. The van der Waals surface area contributed by atoms with Crippen molar-refractivity contribution < 1.29 is 13.2 Å². The molecule has 1 aliphatic heterocycles. The second kappa shape index (κ2) is 6.41. The Morgan fingerprint density at radius 3 is 2.50 bits per heavy atom. The minimum absolute atomic E-state index is 0.179. The maximum atomic E-state index is 12.6. The summed E-state index contributed by atoms with van der Waals surface area (Å²) >= 11 is 0. The van der Waals surface area contributed by atoms with Gasteiger partial charge in [-0.2, -0.15) is 9.57 Å². The van der Waals surface area contributed by atoms with Gasteiger partial charge in [0.2, 0.25) is 15.9 Å². The Labute approximate surface area is 151 Å². The zero-order chi connectivity index (χ0) is 18.1. The topological polar surface area (TPSA) is 83.3 Å². The van der Waals surface area contributed by atoms with Crippen LogP contribution in [0.15, 0.2) is 65.6 Å². The lowest BCUT2D eigenvalue weighted by molar-refractivity contribution is 0.0724. The molecule has 2 aromatic carbocycles. The van der Waals surface area contributed by atoms with Crippen molar-refractivity contribution in [1.82, 2.24) is 9.29 Å². The van der Waals surface area contributed by atoms with Crippen LogP contribution in [0.1, 0.15) is 5.56 Å². The molecule has 0 saturated carbocycles. The SMILES string of the molecule is N#Cc1ccc(S(=O)(=O)N2CC(Oc3ccc4ccccc4n3)C2)cc1. The first kappa shape index (κ1) is 16.5. The third-order valence-electron chi connectivity index (χ3n) is 4.30. The van der Waals surface area contributed by atoms with E-state index in [-0.39, 0.29) is 24.1 Å². The fourth-order valence-electron chi connectivity index (χ4n) is 2.81. The first-order chi connectivity index (χ1) is 12.6. The fourth-order valence-corrected chi connectivity index (χ4v) is 4.31. The fraction of sp³-hybridized carbons (Fsp3) is 0.158. The van der Waals surface area contributed by atoms with E-state index < -0.39 is 10.0 Å². The van der Waals surface area contributed by atoms with E-state index in [0.717, 1.165) is 10.9 Å². The number of aromatic nitrogens is 1. The zero-order valence-electron chi connectivity index (χ0n) is 13.7. The molecule has 0 amide bonds. The van der Waals surface area contributed by atoms with E-state index in [1.54, 1.807) is 6.07 Å². The molecule has 0 atom stereocenters. The van der Waals surface area contributed by atoms with Gasteiger partial charge >= 0.3 is 0 Å². The van der Waals surface area contributed by atoms with Crippen molar-refractivity contribution in [3.63, 3.8) is 0 Å². The number of nitriles is 1. The molecule has 1 fully saturated rings. The van der Waals surface area contributed by atoms with Crippen LogP contribution in [0.4, 0.5) is 0 Å². The summed E-state index contributed by atoms with van der Waals surface area (Å²) in [6, 6.07) is 19.3. The Morgan fingerprint density at radius 1 is 1.04 bits per heavy atom. The number of fused-ring (bicyclic) bond motifs is 1. The predicted molar refractivity (Wildman–Crippen MR) is 96.1 cm³/mol. The highest BCUT2D eigenvalue weighted by molar-refractivity contribution is 7.89. The van der Waals surface area contributed by atoms with Crippen LogP contribution in [-0.4, -0.2) is 36.9 Å². The number of benzene rings is 2. The van der Waals surface area contributed by atoms with Crippen LogP contribution in [0.2, 0.25) is 0 Å². The molecule has 4 rings (SSSR count). The molecule has 6 nitrogen and oxygen atoms in total. The van der Waals surface area contributed by atoms with Gasteiger partial charge in [-0.25, -0.2) is 13.4 Å². The third kappa shape index (κ3) is 3.01. The number of para-hydroxylation sites is 1. The molecular weight excluding hydrogens is 350 g/mol. The third-order valence-corrected chi connectivity index (χ3v) is 6.14. The maximum absolute atomic E-state index is 12.6. The van der Waals surface area contributed by atoms with Gasteiger partial charge in [-0.05, 0) is 36.4 Å². The summed E-state index contributed by atoms with van der Waals surface area (Å²) in [5, 5.41) is 9.83. The number of rotatable bonds is 4. The van der Waals surface area contributed by atoms with Crippen molar-refractivity contribution in [3.05, 3.63) is 66.2 Å². The van der Waals surface area contributed by atoms with Gasteiger partial charge in [0, 0.05) is 11.5 Å². The van der Waals surface area contributed by atoms with E-state index in [1.807, 2.05) is 36.4 Å². The number of pyridine rings is 1. The Kier molecular flexibility index (Phi) is 4.07. The van der Waals surface area contributed by atoms with Gasteiger partial charge in [-0.1, -0.05) is 18.2 Å². The van der Waals surface area contributed by atoms with Gasteiger partial charge in [0.15, 0.2) is 0 Å². The standard InChI is InChI=1S/C19H15N3O3S/c20-11-14-5-8-17(9-6-14)26(23,24)22-12-16(13-22)25-19-10-7-15-3-1-2-4-18(15)21-19/h1-10,16H,12-13H2. The molecule has 3 aromatic rings. The van der Waals surface area contributed by atoms with Crippen molar-refractivity contribution in [2.45, 2.75) is 11.0 Å². The van der Waals surface area contributed by atoms with Crippen LogP contribution >= 0.6 is 0 Å². The van der Waals surface area contributed by atoms with Crippen molar-refractivity contribution in [3.8, 4) is 11.9 Å². The van der Waals surface area contributed by atoms with Gasteiger partial charge in [-0.15, -0.1) is 0 Å². The van der Waals surface area contributed by atoms with Crippen molar-refractivity contribution in [1.29, 1.82) is 5.26 Å². The highest BCUT2D eigenvalue weighted by Crippen LogP contribution is 2.25. The van der Waals surface area contributed by atoms with Gasteiger partial charge in [0.1, 0.15) is 6.10 Å². The Bertz CT molecular complexity index is 1100. The smallest absolute Gasteiger partial charge is 0.243 e. The van der Waals surface area contributed by atoms with E-state index in [0.29, 0.717) is 11.4 Å². The summed E-state index contributed by atoms with van der Waals surface area (Å²) in [6.45, 7) is 0.549. The molecule has 0 aliphatic carbocycles. The van der Waals surface area contributed by atoms with Crippen molar-refractivity contribution in [2.75, 3.05) is 13.1 Å². The molecule has 0 spiro atoms. The molecular formula is C19H15N3O3S. The number of sulfonamides is 1. The summed E-state index contributed by atoms with van der Waals surface area (Å²) in [5.74, 6) is 0.490. The molecule has 2 heterocycles. The van der Waals surface area contributed by atoms with E-state index in [2.05, 4.69) is 4.98 Å². The van der Waals surface area contributed by atoms with Crippen molar-refractivity contribution in [2.24, 2.45) is 0 Å². The van der Waals surface area contributed by atoms with Crippen LogP contribution in [0.5, 0.6) is 5.88 Å². The lowest BCUT2D eigenvalue weighted by Gasteiger charge is -2.37. The van der Waals surface area contributed by atoms with Crippen LogP contribution in [-0.2, 0) is 10.0 Å². The molecule has 0 bridgehead atoms. The average molecular weight is 365 g/mol. The number of hydrogen-bond acceptors (Lipinski definition) is 5. The normalized spacial score (nSPS) is 15.3. The highest BCUT2D eigenvalue weighted by atomic mass is 32.2. The molecule has 7 heteroatoms. The van der Waals surface area contributed by atoms with E-state index in [1.165, 1.54) is 28.6 Å². The number of hydrogen-bond donors (Lipinski definition) is 0. The molecule has 1 aromatic heterocycles. The van der Waals surface area contributed by atoms with E-state index in [4.69, 9.17) is 10.00 Å². The first-order valence-corrected chi connectivity index (χ1v) is 9.53. The highest BCUT2D eigenvalue weighted by Gasteiger charge is 2.38. The minimum atomic E-state index is -3.56. The second-order valence-corrected chi connectivity index (χ2v) is 7.98. The van der Waals surface area contributed by atoms with Crippen LogP contribution in [0.3, 0.4) is 0 Å². The Hall–Kier alpha value is -2.95. The number of ether oxygens (including phenoxy) is 1. The first-order valence-electron chi connectivity index (χ1n) is 8.09. The van der Waals surface area contributed by atoms with Gasteiger partial charge < -0.3 is 4.74 Å². The summed E-state index contributed by atoms with van der Waals surface area (Å²) in [7, 11) is -3.56. The lowest BCUT2D eigenvalue weighted by atomic mass is 10.2. The maximum Gasteiger partial charge on any atom is 0.243 e. The molecule has 1 saturated heterocycles. The lowest BCUT2D eigenvalue weighted by Crippen LogP contribution is -2.56. The van der Waals surface area contributed by atoms with Crippen molar-refractivity contribution >= 4 is 20.9 Å². The summed E-state index contributed by atoms with van der Waals surface area (Å²) in [5.41, 5.74) is 1.27. The Balaban J connectivity index is 1.43. The zero-order valence-corrected chi connectivity index (χ0v) is 14.6. The largest absolute Gasteiger partial charge is 0.472 e. The van der Waals surface area contributed by atoms with Crippen LogP contribution < -0.4 is 4.74 Å². The quantitative estimate of drug-likeness (QED) is 0.709. The minimum Gasteiger partial charge on any atom is -0.472 e. The molecule has 130 valence electrons. The van der Waals surface area contributed by atoms with Crippen LogP contribution in [0, 0.1) is 11.3 Å². The summed E-state index contributed by atoms with van der Waals surface area (Å²) in [6.07, 6.45) is -0.225. The average Bonchev–Trinajstić information content (AvgIpc) is 2.64. The second-order valence-electron chi connectivity index (χ2n) is 6.04. The van der Waals surface area contributed by atoms with Gasteiger partial charge in [-0.3, -0.25) is 0 Å². The molecule has 1 aliphatic rings.